The summed E-state index contributed by atoms with van der Waals surface area (Å²) < 4.78 is 31.3. The maximum absolute atomic E-state index is 12.3. The topological polar surface area (TPSA) is 120 Å². The van der Waals surface area contributed by atoms with Crippen LogP contribution >= 0.6 is 7.82 Å². The smallest absolute Gasteiger partial charge is 0.395 e. The minimum absolute atomic E-state index is 0.0249. The Morgan fingerprint density at radius 2 is 1.95 bits per heavy atom. The first-order valence-corrected chi connectivity index (χ1v) is 8.06. The van der Waals surface area contributed by atoms with Crippen LogP contribution in [0, 0.1) is 0 Å². The highest BCUT2D eigenvalue weighted by molar-refractivity contribution is 7.49. The molecule has 1 unspecified atom stereocenters. The highest BCUT2D eigenvalue weighted by Gasteiger charge is 2.35. The number of aliphatic hydroxyl groups is 1. The zero-order chi connectivity index (χ0) is 17.0. The molecule has 0 radical (unpaired) electrons. The van der Waals surface area contributed by atoms with Crippen molar-refractivity contribution in [3.05, 3.63) is 12.2 Å². The summed E-state index contributed by atoms with van der Waals surface area (Å²) in [7, 11) is -4.42. The minimum atomic E-state index is -4.42. The van der Waals surface area contributed by atoms with Crippen LogP contribution in [0.25, 0.3) is 0 Å². The third-order valence-electron chi connectivity index (χ3n) is 2.00. The van der Waals surface area contributed by atoms with E-state index in [0.717, 1.165) is 0 Å². The number of carbonyl (C=O) groups excluding carboxylic acids is 2. The maximum atomic E-state index is 12.3. The van der Waals surface area contributed by atoms with E-state index in [1.807, 2.05) is 0 Å². The van der Waals surface area contributed by atoms with Gasteiger partial charge in [-0.25, -0.2) is 9.36 Å². The number of phosphoric ester groups is 1. The quantitative estimate of drug-likeness (QED) is 0.295. The van der Waals surface area contributed by atoms with E-state index in [1.165, 1.54) is 6.92 Å². The number of nitrogens with one attached hydrogen (secondary N) is 1. The van der Waals surface area contributed by atoms with Crippen molar-refractivity contribution in [2.45, 2.75) is 13.8 Å². The molecule has 0 aliphatic rings. The van der Waals surface area contributed by atoms with Crippen LogP contribution in [0.2, 0.25) is 0 Å². The second-order valence-corrected chi connectivity index (χ2v) is 5.52. The average Bonchev–Trinajstić information content (AvgIpc) is 2.43. The molecule has 0 saturated heterocycles. The van der Waals surface area contributed by atoms with Gasteiger partial charge in [0.1, 0.15) is 0 Å². The molecule has 0 aromatic heterocycles. The Labute approximate surface area is 129 Å². The molecular formula is C12H22NO8P. The first kappa shape index (κ1) is 20.8. The Kier molecular flexibility index (Phi) is 10.7. The molecule has 9 nitrogen and oxygen atoms in total. The van der Waals surface area contributed by atoms with E-state index in [0.29, 0.717) is 6.61 Å². The molecule has 0 rings (SSSR count). The van der Waals surface area contributed by atoms with Gasteiger partial charge < -0.3 is 24.2 Å². The number of hydrogen-bond acceptors (Lipinski definition) is 9. The van der Waals surface area contributed by atoms with Gasteiger partial charge in [0.25, 0.3) is 0 Å². The predicted molar refractivity (Wildman–Crippen MR) is 77.0 cm³/mol. The monoisotopic (exact) mass is 339 g/mol. The molecule has 0 fully saturated rings. The summed E-state index contributed by atoms with van der Waals surface area (Å²) in [4.78, 5) is 23.0. The van der Waals surface area contributed by atoms with E-state index in [1.54, 1.807) is 6.92 Å². The lowest BCUT2D eigenvalue weighted by Crippen LogP contribution is -2.27. The van der Waals surface area contributed by atoms with Crippen molar-refractivity contribution in [1.29, 1.82) is 0 Å². The fourth-order valence-corrected chi connectivity index (χ4v) is 2.14. The van der Waals surface area contributed by atoms with Gasteiger partial charge in [0.15, 0.2) is 0 Å². The van der Waals surface area contributed by atoms with Gasteiger partial charge in [-0.15, -0.1) is 0 Å². The van der Waals surface area contributed by atoms with Crippen LogP contribution in [0.4, 0.5) is 0 Å². The molecule has 2 N–H and O–H groups in total. The lowest BCUT2D eigenvalue weighted by Gasteiger charge is -2.17. The molecule has 0 bridgehead atoms. The maximum Gasteiger partial charge on any atom is 0.592 e. The second-order valence-electron chi connectivity index (χ2n) is 4.00. The Hall–Kier alpha value is -1.25. The Balaban J connectivity index is 4.62. The second kappa shape index (κ2) is 11.3. The molecule has 22 heavy (non-hydrogen) atoms. The molecular weight excluding hydrogens is 317 g/mol. The van der Waals surface area contributed by atoms with E-state index in [2.05, 4.69) is 20.9 Å². The van der Waals surface area contributed by atoms with Gasteiger partial charge in [-0.1, -0.05) is 6.58 Å². The summed E-state index contributed by atoms with van der Waals surface area (Å²) in [5.41, 5.74) is -0.0249. The molecule has 1 atom stereocenters. The lowest BCUT2D eigenvalue weighted by atomic mass is 10.4. The first-order valence-electron chi connectivity index (χ1n) is 6.60. The number of ether oxygens (including phenoxy) is 1. The number of carbonyl (C=O) groups is 2. The van der Waals surface area contributed by atoms with Crippen LogP contribution in [0.1, 0.15) is 13.8 Å². The largest absolute Gasteiger partial charge is 0.592 e. The lowest BCUT2D eigenvalue weighted by molar-refractivity contribution is -0.138. The van der Waals surface area contributed by atoms with Crippen LogP contribution in [0.15, 0.2) is 12.2 Å². The van der Waals surface area contributed by atoms with Gasteiger partial charge in [-0.05, 0) is 13.8 Å². The normalized spacial score (nSPS) is 13.2. The Morgan fingerprint density at radius 1 is 1.27 bits per heavy atom. The summed E-state index contributed by atoms with van der Waals surface area (Å²) in [6.07, 6.45) is 0. The minimum Gasteiger partial charge on any atom is -0.395 e. The van der Waals surface area contributed by atoms with E-state index in [-0.39, 0.29) is 38.5 Å². The highest BCUT2D eigenvalue weighted by atomic mass is 31.2. The van der Waals surface area contributed by atoms with Gasteiger partial charge in [0.2, 0.25) is 0 Å². The number of hydrogen-bond donors (Lipinski definition) is 2. The summed E-state index contributed by atoms with van der Waals surface area (Å²) in [5.74, 6) is -1.96. The van der Waals surface area contributed by atoms with E-state index in [9.17, 15) is 14.2 Å². The predicted octanol–water partition coefficient (Wildman–Crippen LogP) is 0.392. The van der Waals surface area contributed by atoms with Gasteiger partial charge >= 0.3 is 19.8 Å². The summed E-state index contributed by atoms with van der Waals surface area (Å²) >= 11 is 0. The molecule has 128 valence electrons. The SMILES string of the molecule is C=C(C)C(=O)OP(=O)(OCCOCC)OC(=O)CNCCO. The van der Waals surface area contributed by atoms with Gasteiger partial charge in [0.05, 0.1) is 26.4 Å². The van der Waals surface area contributed by atoms with Crippen molar-refractivity contribution in [2.75, 3.05) is 39.5 Å². The van der Waals surface area contributed by atoms with Gasteiger partial charge in [0, 0.05) is 18.7 Å². The zero-order valence-electron chi connectivity index (χ0n) is 12.7. The van der Waals surface area contributed by atoms with Crippen LogP contribution in [-0.2, 0) is 32.5 Å². The van der Waals surface area contributed by atoms with Crippen molar-refractivity contribution < 1.29 is 37.6 Å². The summed E-state index contributed by atoms with van der Waals surface area (Å²) in [6, 6.07) is 0. The molecule has 0 spiro atoms. The van der Waals surface area contributed by atoms with Crippen molar-refractivity contribution in [1.82, 2.24) is 5.32 Å². The molecule has 0 amide bonds. The molecule has 0 aromatic rings. The van der Waals surface area contributed by atoms with Crippen LogP contribution in [-0.4, -0.2) is 56.6 Å². The molecule has 0 aliphatic carbocycles. The van der Waals surface area contributed by atoms with Crippen LogP contribution in [0.5, 0.6) is 0 Å². The number of phosphoric acid groups is 1. The first-order chi connectivity index (χ1) is 10.3. The summed E-state index contributed by atoms with van der Waals surface area (Å²) in [5, 5.41) is 11.1. The third kappa shape index (κ3) is 9.64. The summed E-state index contributed by atoms with van der Waals surface area (Å²) in [6.45, 7) is 6.39. The van der Waals surface area contributed by atoms with Crippen LogP contribution < -0.4 is 5.32 Å². The van der Waals surface area contributed by atoms with Gasteiger partial charge in [-0.3, -0.25) is 9.32 Å². The van der Waals surface area contributed by atoms with E-state index >= 15 is 0 Å². The third-order valence-corrected chi connectivity index (χ3v) is 3.31. The number of aliphatic hydroxyl groups excluding tert-OH is 1. The average molecular weight is 339 g/mol. The Morgan fingerprint density at radius 3 is 2.50 bits per heavy atom. The Bertz CT molecular complexity index is 425. The molecule has 0 heterocycles. The molecule has 0 aromatic carbocycles. The van der Waals surface area contributed by atoms with Crippen molar-refractivity contribution >= 4 is 19.8 Å². The molecule has 0 aliphatic heterocycles. The van der Waals surface area contributed by atoms with Crippen molar-refractivity contribution in [3.8, 4) is 0 Å². The number of rotatable bonds is 12. The molecule has 0 saturated carbocycles. The van der Waals surface area contributed by atoms with Crippen molar-refractivity contribution in [2.24, 2.45) is 0 Å². The molecule has 10 heteroatoms. The fraction of sp³-hybridized carbons (Fsp3) is 0.667. The van der Waals surface area contributed by atoms with Gasteiger partial charge in [-0.2, -0.15) is 0 Å². The zero-order valence-corrected chi connectivity index (χ0v) is 13.6. The van der Waals surface area contributed by atoms with Crippen LogP contribution in [0.3, 0.4) is 0 Å². The van der Waals surface area contributed by atoms with E-state index in [4.69, 9.17) is 14.4 Å². The highest BCUT2D eigenvalue weighted by Crippen LogP contribution is 2.50. The van der Waals surface area contributed by atoms with Crippen molar-refractivity contribution in [3.63, 3.8) is 0 Å². The van der Waals surface area contributed by atoms with E-state index < -0.39 is 19.8 Å². The standard InChI is InChI=1S/C12H22NO8P/c1-4-18-7-8-19-22(17,21-12(16)10(2)3)20-11(15)9-13-5-6-14/h13-14H,2,4-9H2,1,3H3. The fourth-order valence-electron chi connectivity index (χ4n) is 1.03.